The fraction of sp³-hybridized carbons (Fsp3) is 0.200. The third-order valence-electron chi connectivity index (χ3n) is 4.38. The van der Waals surface area contributed by atoms with Crippen LogP contribution in [-0.4, -0.2) is 36.5 Å². The molecule has 8 nitrogen and oxygen atoms in total. The zero-order valence-corrected chi connectivity index (χ0v) is 15.1. The number of hydrazone groups is 2. The summed E-state index contributed by atoms with van der Waals surface area (Å²) >= 11 is 0. The molecule has 0 aromatic heterocycles. The number of carbonyl (C=O) groups is 2. The smallest absolute Gasteiger partial charge is 0.284 e. The van der Waals surface area contributed by atoms with Crippen LogP contribution in [0, 0.1) is 5.92 Å². The molecule has 28 heavy (non-hydrogen) atoms. The van der Waals surface area contributed by atoms with Gasteiger partial charge in [-0.2, -0.15) is 15.2 Å². The van der Waals surface area contributed by atoms with E-state index >= 15 is 0 Å². The van der Waals surface area contributed by atoms with Crippen LogP contribution in [0.1, 0.15) is 6.92 Å². The molecule has 0 spiro atoms. The third kappa shape index (κ3) is 3.44. The van der Waals surface area contributed by atoms with Gasteiger partial charge >= 0.3 is 0 Å². The number of anilines is 1. The second-order valence-electron chi connectivity index (χ2n) is 6.32. The van der Waals surface area contributed by atoms with Gasteiger partial charge in [0, 0.05) is 6.21 Å². The number of benzene rings is 2. The lowest BCUT2D eigenvalue weighted by atomic mass is 10.1. The Kier molecular flexibility index (Phi) is 4.76. The maximum absolute atomic E-state index is 12.6. The first-order valence-electron chi connectivity index (χ1n) is 8.79. The number of amides is 2. The minimum Gasteiger partial charge on any atom is -0.485 e. The van der Waals surface area contributed by atoms with Gasteiger partial charge < -0.3 is 9.47 Å². The van der Waals surface area contributed by atoms with Gasteiger partial charge in [-0.05, 0) is 31.2 Å². The predicted octanol–water partition coefficient (Wildman–Crippen LogP) is 1.97. The van der Waals surface area contributed by atoms with Crippen molar-refractivity contribution >= 4 is 29.4 Å². The SMILES string of the molecule is CC1=NN(c2ccccc2)C(=O)[C@@H]1/C=N\NC(=O)[C@H]1COc2ccccc2O1. The lowest BCUT2D eigenvalue weighted by Crippen LogP contribution is -2.42. The fourth-order valence-electron chi connectivity index (χ4n) is 2.90. The van der Waals surface area contributed by atoms with E-state index in [2.05, 4.69) is 15.6 Å². The van der Waals surface area contributed by atoms with Crippen molar-refractivity contribution in [2.24, 2.45) is 16.1 Å². The van der Waals surface area contributed by atoms with Crippen LogP contribution in [0.15, 0.2) is 64.8 Å². The van der Waals surface area contributed by atoms with E-state index < -0.39 is 17.9 Å². The molecular weight excluding hydrogens is 360 g/mol. The van der Waals surface area contributed by atoms with Gasteiger partial charge in [0.2, 0.25) is 6.10 Å². The Morgan fingerprint density at radius 3 is 2.68 bits per heavy atom. The number of para-hydroxylation sites is 3. The van der Waals surface area contributed by atoms with Crippen molar-refractivity contribution in [2.45, 2.75) is 13.0 Å². The molecule has 2 aliphatic heterocycles. The minimum absolute atomic E-state index is 0.0863. The second kappa shape index (κ2) is 7.51. The van der Waals surface area contributed by atoms with Crippen molar-refractivity contribution in [3.63, 3.8) is 0 Å². The normalized spacial score (nSPS) is 21.0. The summed E-state index contributed by atoms with van der Waals surface area (Å²) in [5.41, 5.74) is 3.68. The highest BCUT2D eigenvalue weighted by Gasteiger charge is 2.33. The molecule has 2 heterocycles. The fourth-order valence-corrected chi connectivity index (χ4v) is 2.90. The molecule has 2 aromatic rings. The van der Waals surface area contributed by atoms with Gasteiger partial charge in [-0.1, -0.05) is 30.3 Å². The van der Waals surface area contributed by atoms with Crippen molar-refractivity contribution < 1.29 is 19.1 Å². The highest BCUT2D eigenvalue weighted by molar-refractivity contribution is 6.23. The molecule has 2 aromatic carbocycles. The Hall–Kier alpha value is -3.68. The van der Waals surface area contributed by atoms with E-state index in [4.69, 9.17) is 9.47 Å². The number of hydrogen-bond donors (Lipinski definition) is 1. The topological polar surface area (TPSA) is 92.6 Å². The molecule has 8 heteroatoms. The van der Waals surface area contributed by atoms with Crippen LogP contribution in [0.2, 0.25) is 0 Å². The third-order valence-corrected chi connectivity index (χ3v) is 4.38. The van der Waals surface area contributed by atoms with Crippen molar-refractivity contribution in [1.29, 1.82) is 0 Å². The summed E-state index contributed by atoms with van der Waals surface area (Å²) in [6.45, 7) is 1.83. The van der Waals surface area contributed by atoms with Crippen LogP contribution in [0.4, 0.5) is 5.69 Å². The number of hydrogen-bond acceptors (Lipinski definition) is 6. The molecule has 4 rings (SSSR count). The first kappa shape index (κ1) is 17.7. The van der Waals surface area contributed by atoms with E-state index in [9.17, 15) is 9.59 Å². The number of carbonyl (C=O) groups excluding carboxylic acids is 2. The average molecular weight is 378 g/mol. The maximum Gasteiger partial charge on any atom is 0.284 e. The summed E-state index contributed by atoms with van der Waals surface area (Å²) in [4.78, 5) is 24.9. The van der Waals surface area contributed by atoms with Crippen LogP contribution in [0.25, 0.3) is 0 Å². The van der Waals surface area contributed by atoms with Gasteiger partial charge in [0.15, 0.2) is 11.5 Å². The molecule has 2 atom stereocenters. The van der Waals surface area contributed by atoms with E-state index in [1.54, 1.807) is 37.3 Å². The molecule has 0 radical (unpaired) electrons. The predicted molar refractivity (Wildman–Crippen MR) is 104 cm³/mol. The van der Waals surface area contributed by atoms with Crippen molar-refractivity contribution in [2.75, 3.05) is 11.6 Å². The van der Waals surface area contributed by atoms with E-state index in [0.29, 0.717) is 22.9 Å². The van der Waals surface area contributed by atoms with Crippen LogP contribution in [0.5, 0.6) is 11.5 Å². The highest BCUT2D eigenvalue weighted by atomic mass is 16.6. The van der Waals surface area contributed by atoms with Gasteiger partial charge in [0.25, 0.3) is 11.8 Å². The number of nitrogens with zero attached hydrogens (tertiary/aromatic N) is 3. The molecule has 0 aliphatic carbocycles. The molecule has 2 amide bonds. The molecule has 0 unspecified atom stereocenters. The Balaban J connectivity index is 1.37. The number of ether oxygens (including phenoxy) is 2. The second-order valence-corrected chi connectivity index (χ2v) is 6.32. The quantitative estimate of drug-likeness (QED) is 0.650. The van der Waals surface area contributed by atoms with E-state index in [1.165, 1.54) is 11.2 Å². The molecule has 142 valence electrons. The zero-order valence-electron chi connectivity index (χ0n) is 15.1. The lowest BCUT2D eigenvalue weighted by molar-refractivity contribution is -0.130. The minimum atomic E-state index is -0.818. The van der Waals surface area contributed by atoms with Crippen LogP contribution >= 0.6 is 0 Å². The standard InChI is InChI=1S/C20H18N4O4/c1-13-15(20(26)24(23-13)14-7-3-2-4-8-14)11-21-22-19(25)18-12-27-16-9-5-6-10-17(16)28-18/h2-11,15,18H,12H2,1H3,(H,22,25)/b21-11-/t15-,18-/m1/s1. The summed E-state index contributed by atoms with van der Waals surface area (Å²) in [5, 5.41) is 9.55. The molecule has 0 fully saturated rings. The van der Waals surface area contributed by atoms with E-state index in [-0.39, 0.29) is 12.5 Å². The first-order valence-corrected chi connectivity index (χ1v) is 8.79. The van der Waals surface area contributed by atoms with Crippen molar-refractivity contribution in [1.82, 2.24) is 5.43 Å². The zero-order chi connectivity index (χ0) is 19.5. The summed E-state index contributed by atoms with van der Waals surface area (Å²) in [7, 11) is 0. The van der Waals surface area contributed by atoms with Gasteiger partial charge in [-0.3, -0.25) is 9.59 Å². The lowest BCUT2D eigenvalue weighted by Gasteiger charge is -2.24. The van der Waals surface area contributed by atoms with E-state index in [1.807, 2.05) is 24.3 Å². The summed E-state index contributed by atoms with van der Waals surface area (Å²) in [6.07, 6.45) is 0.557. The van der Waals surface area contributed by atoms with Crippen molar-refractivity contribution in [3.05, 3.63) is 54.6 Å². The number of fused-ring (bicyclic) bond motifs is 1. The molecule has 0 saturated carbocycles. The van der Waals surface area contributed by atoms with Gasteiger partial charge in [-0.25, -0.2) is 5.43 Å². The molecule has 2 aliphatic rings. The van der Waals surface area contributed by atoms with Crippen LogP contribution in [0.3, 0.4) is 0 Å². The van der Waals surface area contributed by atoms with E-state index in [0.717, 1.165) is 0 Å². The maximum atomic E-state index is 12.6. The monoisotopic (exact) mass is 378 g/mol. The molecular formula is C20H18N4O4. The largest absolute Gasteiger partial charge is 0.485 e. The summed E-state index contributed by atoms with van der Waals surface area (Å²) < 4.78 is 11.1. The van der Waals surface area contributed by atoms with Gasteiger partial charge in [-0.15, -0.1) is 0 Å². The summed E-state index contributed by atoms with van der Waals surface area (Å²) in [6, 6.07) is 16.3. The number of rotatable bonds is 4. The average Bonchev–Trinajstić information content (AvgIpc) is 3.02. The Morgan fingerprint density at radius 2 is 1.89 bits per heavy atom. The number of nitrogens with one attached hydrogen (secondary N) is 1. The molecule has 0 bridgehead atoms. The van der Waals surface area contributed by atoms with Gasteiger partial charge in [0.1, 0.15) is 12.5 Å². The van der Waals surface area contributed by atoms with Crippen LogP contribution in [-0.2, 0) is 9.59 Å². The molecule has 1 N–H and O–H groups in total. The Labute approximate surface area is 161 Å². The highest BCUT2D eigenvalue weighted by Crippen LogP contribution is 2.30. The van der Waals surface area contributed by atoms with Gasteiger partial charge in [0.05, 0.1) is 11.4 Å². The summed E-state index contributed by atoms with van der Waals surface area (Å²) in [5.74, 6) is -0.215. The van der Waals surface area contributed by atoms with Crippen molar-refractivity contribution in [3.8, 4) is 11.5 Å². The Morgan fingerprint density at radius 1 is 1.18 bits per heavy atom. The Bertz CT molecular complexity index is 958. The van der Waals surface area contributed by atoms with Crippen LogP contribution < -0.4 is 19.9 Å². The first-order chi connectivity index (χ1) is 13.6. The molecule has 0 saturated heterocycles.